The lowest BCUT2D eigenvalue weighted by Gasteiger charge is -2.21. The molecule has 0 saturated carbocycles. The molecule has 5 nitrogen and oxygen atoms in total. The van der Waals surface area contributed by atoms with Gasteiger partial charge in [0.25, 0.3) is 0 Å². The third-order valence-electron chi connectivity index (χ3n) is 4.01. The first kappa shape index (κ1) is 13.7. The Morgan fingerprint density at radius 1 is 0.870 bits per heavy atom. The molecule has 0 bridgehead atoms. The van der Waals surface area contributed by atoms with Gasteiger partial charge in [0.15, 0.2) is 0 Å². The second-order valence-corrected chi connectivity index (χ2v) is 5.53. The zero-order chi connectivity index (χ0) is 15.5. The van der Waals surface area contributed by atoms with Crippen LogP contribution in [0, 0.1) is 0 Å². The standard InChI is InChI=1S/C18H17N5/c1-3-11-19-13(5-1)15-7-8-16(21-15)18-10-9-17(22-23-18)14-6-2-4-12-20-14/h1-8,11-12,17,21-22H,9-10H2. The summed E-state index contributed by atoms with van der Waals surface area (Å²) in [6.07, 6.45) is 5.51. The summed E-state index contributed by atoms with van der Waals surface area (Å²) in [4.78, 5) is 12.2. The van der Waals surface area contributed by atoms with E-state index in [1.54, 1.807) is 6.20 Å². The molecule has 2 N–H and O–H groups in total. The molecule has 3 aromatic heterocycles. The molecule has 0 aliphatic carbocycles. The molecule has 0 saturated heterocycles. The molecule has 0 fully saturated rings. The fraction of sp³-hybridized carbons (Fsp3) is 0.167. The topological polar surface area (TPSA) is 66.0 Å². The zero-order valence-electron chi connectivity index (χ0n) is 12.6. The quantitative estimate of drug-likeness (QED) is 0.780. The Bertz CT molecular complexity index is 808. The highest BCUT2D eigenvalue weighted by atomic mass is 15.3. The molecule has 114 valence electrons. The van der Waals surface area contributed by atoms with Crippen LogP contribution in [0.1, 0.15) is 30.3 Å². The van der Waals surface area contributed by atoms with Crippen LogP contribution in [-0.4, -0.2) is 20.7 Å². The van der Waals surface area contributed by atoms with Crippen LogP contribution in [-0.2, 0) is 0 Å². The van der Waals surface area contributed by atoms with E-state index < -0.39 is 0 Å². The van der Waals surface area contributed by atoms with Crippen molar-refractivity contribution in [2.24, 2.45) is 5.10 Å². The zero-order valence-corrected chi connectivity index (χ0v) is 12.6. The number of aromatic amines is 1. The lowest BCUT2D eigenvalue weighted by molar-refractivity contribution is 0.493. The van der Waals surface area contributed by atoms with Crippen LogP contribution in [0.2, 0.25) is 0 Å². The van der Waals surface area contributed by atoms with Gasteiger partial charge in [-0.3, -0.25) is 9.97 Å². The van der Waals surface area contributed by atoms with Crippen LogP contribution in [0.5, 0.6) is 0 Å². The van der Waals surface area contributed by atoms with Crippen molar-refractivity contribution >= 4 is 5.71 Å². The number of pyridine rings is 2. The van der Waals surface area contributed by atoms with Gasteiger partial charge in [-0.15, -0.1) is 0 Å². The van der Waals surface area contributed by atoms with E-state index in [2.05, 4.69) is 31.5 Å². The van der Waals surface area contributed by atoms with Crippen molar-refractivity contribution in [3.8, 4) is 11.4 Å². The Morgan fingerprint density at radius 2 is 1.70 bits per heavy atom. The smallest absolute Gasteiger partial charge is 0.0864 e. The maximum absolute atomic E-state index is 4.54. The van der Waals surface area contributed by atoms with Crippen molar-refractivity contribution in [3.63, 3.8) is 0 Å². The van der Waals surface area contributed by atoms with Gasteiger partial charge in [0.05, 0.1) is 34.5 Å². The maximum atomic E-state index is 4.54. The second kappa shape index (κ2) is 6.04. The molecule has 3 aromatic rings. The van der Waals surface area contributed by atoms with Crippen molar-refractivity contribution in [2.45, 2.75) is 18.9 Å². The van der Waals surface area contributed by atoms with Crippen molar-refractivity contribution in [1.29, 1.82) is 0 Å². The molecule has 0 spiro atoms. The van der Waals surface area contributed by atoms with Crippen molar-refractivity contribution in [2.75, 3.05) is 0 Å². The Hall–Kier alpha value is -2.95. The van der Waals surface area contributed by atoms with Crippen LogP contribution in [0.15, 0.2) is 66.0 Å². The molecule has 4 heterocycles. The van der Waals surface area contributed by atoms with E-state index in [9.17, 15) is 0 Å². The van der Waals surface area contributed by atoms with Crippen LogP contribution >= 0.6 is 0 Å². The molecule has 23 heavy (non-hydrogen) atoms. The third-order valence-corrected chi connectivity index (χ3v) is 4.01. The fourth-order valence-corrected chi connectivity index (χ4v) is 2.78. The first-order valence-corrected chi connectivity index (χ1v) is 7.74. The minimum atomic E-state index is 0.185. The lowest BCUT2D eigenvalue weighted by Crippen LogP contribution is -2.25. The molecule has 4 rings (SSSR count). The summed E-state index contributed by atoms with van der Waals surface area (Å²) >= 11 is 0. The van der Waals surface area contributed by atoms with Crippen molar-refractivity contribution in [1.82, 2.24) is 20.4 Å². The average Bonchev–Trinajstić information content (AvgIpc) is 3.14. The van der Waals surface area contributed by atoms with E-state index in [0.717, 1.165) is 41.3 Å². The number of rotatable bonds is 3. The summed E-state index contributed by atoms with van der Waals surface area (Å²) in [5, 5.41) is 4.54. The molecule has 1 aliphatic heterocycles. The number of hydrogen-bond acceptors (Lipinski definition) is 4. The van der Waals surface area contributed by atoms with Gasteiger partial charge in [-0.05, 0) is 49.2 Å². The lowest BCUT2D eigenvalue weighted by atomic mass is 10.0. The van der Waals surface area contributed by atoms with E-state index in [1.165, 1.54) is 0 Å². The predicted molar refractivity (Wildman–Crippen MR) is 89.9 cm³/mol. The van der Waals surface area contributed by atoms with Crippen LogP contribution in [0.25, 0.3) is 11.4 Å². The Morgan fingerprint density at radius 3 is 2.39 bits per heavy atom. The molecule has 1 aliphatic rings. The first-order valence-electron chi connectivity index (χ1n) is 7.74. The first-order chi connectivity index (χ1) is 11.4. The van der Waals surface area contributed by atoms with Crippen molar-refractivity contribution < 1.29 is 0 Å². The Kier molecular flexibility index (Phi) is 3.60. The van der Waals surface area contributed by atoms with Gasteiger partial charge < -0.3 is 10.4 Å². The largest absolute Gasteiger partial charge is 0.352 e. The minimum absolute atomic E-state index is 0.185. The van der Waals surface area contributed by atoms with Crippen LogP contribution in [0.3, 0.4) is 0 Å². The van der Waals surface area contributed by atoms with Gasteiger partial charge in [-0.1, -0.05) is 12.1 Å². The number of nitrogens with zero attached hydrogens (tertiary/aromatic N) is 3. The van der Waals surface area contributed by atoms with E-state index in [4.69, 9.17) is 0 Å². The van der Waals surface area contributed by atoms with Gasteiger partial charge in [0, 0.05) is 12.4 Å². The van der Waals surface area contributed by atoms with Crippen LogP contribution in [0.4, 0.5) is 0 Å². The minimum Gasteiger partial charge on any atom is -0.352 e. The normalized spacial score (nSPS) is 17.4. The van der Waals surface area contributed by atoms with Gasteiger partial charge in [0.1, 0.15) is 0 Å². The summed E-state index contributed by atoms with van der Waals surface area (Å²) in [6.45, 7) is 0. The highest BCUT2D eigenvalue weighted by Crippen LogP contribution is 2.23. The van der Waals surface area contributed by atoms with Crippen LogP contribution < -0.4 is 5.43 Å². The van der Waals surface area contributed by atoms with E-state index in [1.807, 2.05) is 48.7 Å². The molecular weight excluding hydrogens is 286 g/mol. The summed E-state index contributed by atoms with van der Waals surface area (Å²) in [7, 11) is 0. The molecule has 1 unspecified atom stereocenters. The third kappa shape index (κ3) is 2.85. The molecule has 0 amide bonds. The number of hydrazone groups is 1. The Labute approximate surface area is 134 Å². The average molecular weight is 303 g/mol. The summed E-state index contributed by atoms with van der Waals surface area (Å²) < 4.78 is 0. The number of H-pyrrole nitrogens is 1. The SMILES string of the molecule is c1ccc(-c2ccc(C3=NNC(c4ccccn4)CC3)[nH]2)nc1. The summed E-state index contributed by atoms with van der Waals surface area (Å²) in [6, 6.07) is 16.2. The molecule has 0 aromatic carbocycles. The van der Waals surface area contributed by atoms with E-state index in [-0.39, 0.29) is 6.04 Å². The van der Waals surface area contributed by atoms with E-state index in [0.29, 0.717) is 0 Å². The van der Waals surface area contributed by atoms with Crippen molar-refractivity contribution in [3.05, 3.63) is 72.3 Å². The fourth-order valence-electron chi connectivity index (χ4n) is 2.78. The van der Waals surface area contributed by atoms with Gasteiger partial charge in [0.2, 0.25) is 0 Å². The summed E-state index contributed by atoms with van der Waals surface area (Å²) in [5.41, 5.74) is 8.29. The van der Waals surface area contributed by atoms with Gasteiger partial charge in [-0.2, -0.15) is 5.10 Å². The number of nitrogens with one attached hydrogen (secondary N) is 2. The monoisotopic (exact) mass is 303 g/mol. The van der Waals surface area contributed by atoms with E-state index >= 15 is 0 Å². The molecule has 5 heteroatoms. The second-order valence-electron chi connectivity index (χ2n) is 5.53. The molecule has 1 atom stereocenters. The predicted octanol–water partition coefficient (Wildman–Crippen LogP) is 3.30. The maximum Gasteiger partial charge on any atom is 0.0864 e. The summed E-state index contributed by atoms with van der Waals surface area (Å²) in [5.74, 6) is 0. The van der Waals surface area contributed by atoms with Gasteiger partial charge in [-0.25, -0.2) is 0 Å². The van der Waals surface area contributed by atoms with Gasteiger partial charge >= 0.3 is 0 Å². The number of aromatic nitrogens is 3. The number of hydrogen-bond donors (Lipinski definition) is 2. The Balaban J connectivity index is 1.52. The molecule has 0 radical (unpaired) electrons. The highest BCUT2D eigenvalue weighted by Gasteiger charge is 2.19. The highest BCUT2D eigenvalue weighted by molar-refractivity contribution is 5.99. The molecular formula is C18H17N5.